The van der Waals surface area contributed by atoms with Crippen LogP contribution in [0, 0.1) is 0 Å². The van der Waals surface area contributed by atoms with E-state index in [-0.39, 0.29) is 0 Å². The van der Waals surface area contributed by atoms with Crippen LogP contribution in [-0.2, 0) is 6.42 Å². The van der Waals surface area contributed by atoms with Gasteiger partial charge in [-0.05, 0) is 25.8 Å². The summed E-state index contributed by atoms with van der Waals surface area (Å²) in [5.74, 6) is 0. The summed E-state index contributed by atoms with van der Waals surface area (Å²) < 4.78 is 0. The van der Waals surface area contributed by atoms with Gasteiger partial charge in [-0.3, -0.25) is 0 Å². The molecule has 0 aliphatic heterocycles. The minimum atomic E-state index is 0.666. The van der Waals surface area contributed by atoms with Gasteiger partial charge in [-0.25, -0.2) is 4.98 Å². The van der Waals surface area contributed by atoms with Crippen LogP contribution in [0.5, 0.6) is 0 Å². The summed E-state index contributed by atoms with van der Waals surface area (Å²) in [4.78, 5) is 4.29. The second-order valence-corrected chi connectivity index (χ2v) is 4.50. The fraction of sp³-hybridized carbons (Fsp3) is 0.727. The molecule has 0 aliphatic rings. The third kappa shape index (κ3) is 4.20. The molecule has 3 heteroatoms. The fourth-order valence-electron chi connectivity index (χ4n) is 1.47. The van der Waals surface area contributed by atoms with Gasteiger partial charge in [-0.1, -0.05) is 13.8 Å². The Hall–Kier alpha value is -0.410. The van der Waals surface area contributed by atoms with Crippen LogP contribution in [0.4, 0.5) is 0 Å². The lowest BCUT2D eigenvalue weighted by atomic mass is 10.1. The molecule has 0 aliphatic carbocycles. The van der Waals surface area contributed by atoms with E-state index in [1.165, 1.54) is 24.3 Å². The standard InChI is InChI=1S/C11H20N2S/c1-3-7-12-10(4-2)5-6-11-13-8-9-14-11/h8-10,12H,3-7H2,1-2H3. The summed E-state index contributed by atoms with van der Waals surface area (Å²) in [5, 5.41) is 6.88. The molecule has 2 nitrogen and oxygen atoms in total. The SMILES string of the molecule is CCCNC(CC)CCc1nccs1. The molecule has 14 heavy (non-hydrogen) atoms. The first-order chi connectivity index (χ1) is 6.86. The second kappa shape index (κ2) is 6.96. The number of nitrogens with one attached hydrogen (secondary N) is 1. The third-order valence-electron chi connectivity index (χ3n) is 2.37. The van der Waals surface area contributed by atoms with Gasteiger partial charge in [-0.15, -0.1) is 11.3 Å². The highest BCUT2D eigenvalue weighted by atomic mass is 32.1. The Balaban J connectivity index is 2.20. The first-order valence-electron chi connectivity index (χ1n) is 5.48. The molecule has 1 heterocycles. The molecule has 1 N–H and O–H groups in total. The Labute approximate surface area is 90.8 Å². The van der Waals surface area contributed by atoms with E-state index in [1.807, 2.05) is 6.20 Å². The van der Waals surface area contributed by atoms with Crippen molar-refractivity contribution in [2.45, 2.75) is 45.6 Å². The highest BCUT2D eigenvalue weighted by molar-refractivity contribution is 7.09. The topological polar surface area (TPSA) is 24.9 Å². The number of hydrogen-bond donors (Lipinski definition) is 1. The van der Waals surface area contributed by atoms with Crippen LogP contribution in [0.2, 0.25) is 0 Å². The van der Waals surface area contributed by atoms with Crippen molar-refractivity contribution >= 4 is 11.3 Å². The van der Waals surface area contributed by atoms with Gasteiger partial charge in [0.25, 0.3) is 0 Å². The molecule has 1 rings (SSSR count). The van der Waals surface area contributed by atoms with Crippen LogP contribution >= 0.6 is 11.3 Å². The predicted octanol–water partition coefficient (Wildman–Crippen LogP) is 2.85. The van der Waals surface area contributed by atoms with Crippen LogP contribution in [0.3, 0.4) is 0 Å². The van der Waals surface area contributed by atoms with Crippen molar-refractivity contribution < 1.29 is 0 Å². The van der Waals surface area contributed by atoms with Crippen molar-refractivity contribution in [3.63, 3.8) is 0 Å². The summed E-state index contributed by atoms with van der Waals surface area (Å²) in [7, 11) is 0. The molecule has 1 unspecified atom stereocenters. The van der Waals surface area contributed by atoms with Crippen molar-refractivity contribution in [3.8, 4) is 0 Å². The average Bonchev–Trinajstić information content (AvgIpc) is 2.71. The molecule has 0 saturated heterocycles. The fourth-order valence-corrected chi connectivity index (χ4v) is 2.11. The molecular formula is C11H20N2S. The molecule has 80 valence electrons. The molecule has 0 amide bonds. The van der Waals surface area contributed by atoms with Crippen LogP contribution in [0.1, 0.15) is 38.1 Å². The molecule has 0 saturated carbocycles. The zero-order valence-corrected chi connectivity index (χ0v) is 9.94. The number of rotatable bonds is 7. The van der Waals surface area contributed by atoms with Crippen LogP contribution in [0.25, 0.3) is 0 Å². The van der Waals surface area contributed by atoms with Gasteiger partial charge in [0.1, 0.15) is 0 Å². The number of aryl methyl sites for hydroxylation is 1. The number of thiazole rings is 1. The Kier molecular flexibility index (Phi) is 5.80. The van der Waals surface area contributed by atoms with Crippen molar-refractivity contribution in [3.05, 3.63) is 16.6 Å². The molecule has 0 spiro atoms. The minimum absolute atomic E-state index is 0.666. The maximum absolute atomic E-state index is 4.29. The maximum atomic E-state index is 4.29. The van der Waals surface area contributed by atoms with E-state index in [9.17, 15) is 0 Å². The minimum Gasteiger partial charge on any atom is -0.314 e. The van der Waals surface area contributed by atoms with E-state index in [4.69, 9.17) is 0 Å². The van der Waals surface area contributed by atoms with Gasteiger partial charge in [0.2, 0.25) is 0 Å². The highest BCUT2D eigenvalue weighted by Gasteiger charge is 2.05. The largest absolute Gasteiger partial charge is 0.314 e. The number of nitrogens with zero attached hydrogens (tertiary/aromatic N) is 1. The van der Waals surface area contributed by atoms with Gasteiger partial charge >= 0.3 is 0 Å². The number of hydrogen-bond acceptors (Lipinski definition) is 3. The average molecular weight is 212 g/mol. The molecule has 0 bridgehead atoms. The highest BCUT2D eigenvalue weighted by Crippen LogP contribution is 2.09. The van der Waals surface area contributed by atoms with Crippen LogP contribution < -0.4 is 5.32 Å². The molecule has 1 atom stereocenters. The quantitative estimate of drug-likeness (QED) is 0.752. The first-order valence-corrected chi connectivity index (χ1v) is 6.36. The van der Waals surface area contributed by atoms with E-state index in [1.54, 1.807) is 11.3 Å². The van der Waals surface area contributed by atoms with Crippen LogP contribution in [0.15, 0.2) is 11.6 Å². The Bertz CT molecular complexity index is 221. The van der Waals surface area contributed by atoms with Crippen molar-refractivity contribution in [2.75, 3.05) is 6.54 Å². The maximum Gasteiger partial charge on any atom is 0.0925 e. The van der Waals surface area contributed by atoms with Gasteiger partial charge in [0.15, 0.2) is 0 Å². The molecule has 1 aromatic rings. The zero-order chi connectivity index (χ0) is 10.2. The van der Waals surface area contributed by atoms with Gasteiger partial charge in [0.05, 0.1) is 5.01 Å². The Morgan fingerprint density at radius 1 is 1.50 bits per heavy atom. The third-order valence-corrected chi connectivity index (χ3v) is 3.21. The summed E-state index contributed by atoms with van der Waals surface area (Å²) in [6, 6.07) is 0.666. The lowest BCUT2D eigenvalue weighted by Gasteiger charge is -2.15. The predicted molar refractivity (Wildman–Crippen MR) is 62.8 cm³/mol. The first kappa shape index (κ1) is 11.7. The van der Waals surface area contributed by atoms with E-state index in [0.717, 1.165) is 13.0 Å². The van der Waals surface area contributed by atoms with E-state index in [2.05, 4.69) is 29.5 Å². The summed E-state index contributed by atoms with van der Waals surface area (Å²) in [5.41, 5.74) is 0. The lowest BCUT2D eigenvalue weighted by Crippen LogP contribution is -2.29. The Morgan fingerprint density at radius 3 is 2.93 bits per heavy atom. The zero-order valence-electron chi connectivity index (χ0n) is 9.12. The molecule has 0 fully saturated rings. The van der Waals surface area contributed by atoms with Crippen molar-refractivity contribution in [2.24, 2.45) is 0 Å². The summed E-state index contributed by atoms with van der Waals surface area (Å²) in [6.45, 7) is 5.59. The van der Waals surface area contributed by atoms with E-state index in [0.29, 0.717) is 6.04 Å². The molecular weight excluding hydrogens is 192 g/mol. The van der Waals surface area contributed by atoms with Gasteiger partial charge < -0.3 is 5.32 Å². The van der Waals surface area contributed by atoms with Crippen molar-refractivity contribution in [1.82, 2.24) is 10.3 Å². The van der Waals surface area contributed by atoms with Gasteiger partial charge in [-0.2, -0.15) is 0 Å². The van der Waals surface area contributed by atoms with E-state index < -0.39 is 0 Å². The lowest BCUT2D eigenvalue weighted by molar-refractivity contribution is 0.468. The molecule has 1 aromatic heterocycles. The monoisotopic (exact) mass is 212 g/mol. The second-order valence-electron chi connectivity index (χ2n) is 3.52. The van der Waals surface area contributed by atoms with Crippen LogP contribution in [-0.4, -0.2) is 17.6 Å². The molecule has 0 aromatic carbocycles. The summed E-state index contributed by atoms with van der Waals surface area (Å²) in [6.07, 6.45) is 6.65. The summed E-state index contributed by atoms with van der Waals surface area (Å²) >= 11 is 1.76. The van der Waals surface area contributed by atoms with Gasteiger partial charge in [0, 0.05) is 24.0 Å². The normalized spacial score (nSPS) is 13.0. The van der Waals surface area contributed by atoms with E-state index >= 15 is 0 Å². The number of aromatic nitrogens is 1. The Morgan fingerprint density at radius 2 is 2.36 bits per heavy atom. The molecule has 0 radical (unpaired) electrons. The van der Waals surface area contributed by atoms with Crippen molar-refractivity contribution in [1.29, 1.82) is 0 Å². The smallest absolute Gasteiger partial charge is 0.0925 e.